The van der Waals surface area contributed by atoms with E-state index in [9.17, 15) is 10.0 Å². The Balaban J connectivity index is 0.000000171. The summed E-state index contributed by atoms with van der Waals surface area (Å²) in [6, 6.07) is 24.0. The van der Waals surface area contributed by atoms with Gasteiger partial charge in [0.25, 0.3) is 0 Å². The molecular weight excluding hydrogens is 1040 g/mol. The van der Waals surface area contributed by atoms with Gasteiger partial charge in [-0.3, -0.25) is 14.7 Å². The van der Waals surface area contributed by atoms with E-state index < -0.39 is 0 Å². The molecule has 0 bridgehead atoms. The fraction of sp³-hybridized carbons (Fsp3) is 0.516. The molecule has 83 heavy (non-hydrogen) atoms. The van der Waals surface area contributed by atoms with Gasteiger partial charge < -0.3 is 47.2 Å². The lowest BCUT2D eigenvalue weighted by Gasteiger charge is -2.27. The number of carbonyl (C=O) groups excluding carboxylic acids is 1. The van der Waals surface area contributed by atoms with Crippen LogP contribution in [0, 0.1) is 5.21 Å². The second kappa shape index (κ2) is 31.1. The summed E-state index contributed by atoms with van der Waals surface area (Å²) in [7, 11) is 6.37. The highest BCUT2D eigenvalue weighted by atomic mass is 16.5. The Morgan fingerprint density at radius 1 is 0.482 bits per heavy atom. The average molecular weight is 1140 g/mol. The molecule has 448 valence electrons. The zero-order chi connectivity index (χ0) is 58.1. The summed E-state index contributed by atoms with van der Waals surface area (Å²) in [6.45, 7) is 23.6. The summed E-state index contributed by atoms with van der Waals surface area (Å²) in [4.78, 5) is 55.3. The summed E-state index contributed by atoms with van der Waals surface area (Å²) in [5, 5.41) is 16.8. The van der Waals surface area contributed by atoms with E-state index in [-0.39, 0.29) is 11.5 Å². The first-order valence-corrected chi connectivity index (χ1v) is 30.7. The number of aromatic nitrogens is 6. The number of carbonyl (C=O) groups is 1. The molecule has 2 amide bonds. The van der Waals surface area contributed by atoms with Gasteiger partial charge in [-0.2, -0.15) is 0 Å². The van der Waals surface area contributed by atoms with E-state index in [4.69, 9.17) is 35.6 Å². The van der Waals surface area contributed by atoms with Crippen molar-refractivity contribution in [2.24, 2.45) is 0 Å². The first-order valence-electron chi connectivity index (χ1n) is 30.7. The smallest absolute Gasteiger partial charge is 0.319 e. The van der Waals surface area contributed by atoms with E-state index in [0.29, 0.717) is 11.7 Å². The first kappa shape index (κ1) is 63.7. The van der Waals surface area contributed by atoms with Gasteiger partial charge in [-0.05, 0) is 140 Å². The molecule has 4 fully saturated rings. The number of quaternary nitrogens is 1. The normalized spacial score (nSPS) is 17.2. The first-order chi connectivity index (χ1) is 40.1. The highest BCUT2D eigenvalue weighted by molar-refractivity contribution is 5.90. The molecule has 19 heteroatoms. The minimum absolute atomic E-state index is 0. The summed E-state index contributed by atoms with van der Waals surface area (Å²) in [5.41, 5.74) is 22.5. The van der Waals surface area contributed by atoms with Gasteiger partial charge >= 0.3 is 6.03 Å². The zero-order valence-electron chi connectivity index (χ0n) is 51.1. The van der Waals surface area contributed by atoms with Crippen LogP contribution in [0.5, 0.6) is 0 Å². The molecule has 1 saturated carbocycles. The number of amides is 2. The third-order valence-electron chi connectivity index (χ3n) is 15.5. The average Bonchev–Trinajstić information content (AvgIpc) is 4.20. The van der Waals surface area contributed by atoms with Crippen molar-refractivity contribution in [3.63, 3.8) is 0 Å². The Morgan fingerprint density at radius 3 is 1.13 bits per heavy atom. The van der Waals surface area contributed by atoms with Crippen LogP contribution < -0.4 is 36.5 Å². The van der Waals surface area contributed by atoms with Crippen LogP contribution in [-0.4, -0.2) is 123 Å². The number of nitrogens with two attached hydrogens (primary N) is 2. The van der Waals surface area contributed by atoms with Gasteiger partial charge in [-0.1, -0.05) is 65.8 Å². The number of rotatable bonds is 9. The second-order valence-electron chi connectivity index (χ2n) is 21.9. The third kappa shape index (κ3) is 16.5. The minimum atomic E-state index is -0.128. The summed E-state index contributed by atoms with van der Waals surface area (Å²) in [6.07, 6.45) is 13.4. The Hall–Kier alpha value is -6.87. The molecule has 6 aliphatic heterocycles. The zero-order valence-corrected chi connectivity index (χ0v) is 51.1. The molecule has 9 heterocycles. The van der Waals surface area contributed by atoms with E-state index in [2.05, 4.69) is 73.3 Å². The molecule has 3 aromatic carbocycles. The minimum Gasteiger partial charge on any atom is -0.630 e. The van der Waals surface area contributed by atoms with Crippen LogP contribution in [0.2, 0.25) is 0 Å². The van der Waals surface area contributed by atoms with Crippen molar-refractivity contribution >= 4 is 40.9 Å². The molecule has 0 radical (unpaired) electrons. The van der Waals surface area contributed by atoms with E-state index >= 15 is 0 Å². The molecule has 3 saturated heterocycles. The SMILES string of the molecule is CC.CC.CC.CN1Cc2nc(N3CCCCC3)nc(-c3ccc(N)cc3)c2C1.CN1Cc2nc(N3CCCCC3)nc(-c3ccc(NC(=O)NC4CC4)cc3)c2C1.CN1Cc2nc(N3CCCCC3)nc(-c3ccc([NH2+][O-])cc3)c2C1.O. The van der Waals surface area contributed by atoms with Crippen LogP contribution in [-0.2, 0) is 39.3 Å². The quantitative estimate of drug-likeness (QED) is 0.0779. The third-order valence-corrected chi connectivity index (χ3v) is 15.5. The van der Waals surface area contributed by atoms with Crippen LogP contribution in [0.1, 0.15) is 146 Å². The standard InChI is InChI=1S/C22H28N6O.C18H23N5O.C18H23N5.3C2H6.H2O/c1-27-13-18-19(14-27)25-21(28-11-3-2-4-12-28)26-20(18)15-5-7-16(8-6-15)23-22(29)24-17-9-10-17;1-22-11-15-16(12-22)19-18(23-9-3-2-4-10-23)20-17(15)13-5-7-14(21-24)8-6-13;1-22-11-15-16(12-22)20-18(23-9-3-2-4-10-23)21-17(15)13-5-7-14(19)8-6-13;3*1-2;/h5-8,17H,2-4,9-14H2,1H3,(H2,23,24,29);5-8H,2-4,9-12,21H2,1H3;5-8H,2-4,9-12,19H2,1H3;3*1-2H3;1H2. The Labute approximate surface area is 493 Å². The summed E-state index contributed by atoms with van der Waals surface area (Å²) in [5.74, 6) is 2.61. The number of fused-ring (bicyclic) bond motifs is 3. The maximum absolute atomic E-state index is 12.0. The summed E-state index contributed by atoms with van der Waals surface area (Å²) < 4.78 is 0. The van der Waals surface area contributed by atoms with Gasteiger partial charge in [0, 0.05) is 129 Å². The van der Waals surface area contributed by atoms with Crippen molar-refractivity contribution in [3.05, 3.63) is 112 Å². The molecule has 6 aromatic rings. The van der Waals surface area contributed by atoms with Gasteiger partial charge in [-0.25, -0.2) is 34.7 Å². The lowest BCUT2D eigenvalue weighted by molar-refractivity contribution is -0.497. The van der Waals surface area contributed by atoms with E-state index in [0.717, 1.165) is 171 Å². The van der Waals surface area contributed by atoms with Crippen molar-refractivity contribution in [2.45, 2.75) is 157 Å². The predicted octanol–water partition coefficient (Wildman–Crippen LogP) is 10.1. The van der Waals surface area contributed by atoms with Crippen LogP contribution in [0.15, 0.2) is 72.8 Å². The van der Waals surface area contributed by atoms with Gasteiger partial charge in [0.2, 0.25) is 17.8 Å². The van der Waals surface area contributed by atoms with Crippen molar-refractivity contribution in [1.29, 1.82) is 0 Å². The molecule has 8 N–H and O–H groups in total. The fourth-order valence-electron chi connectivity index (χ4n) is 11.3. The number of nitrogens with zero attached hydrogens (tertiary/aromatic N) is 12. The monoisotopic (exact) mass is 1130 g/mol. The van der Waals surface area contributed by atoms with Crippen LogP contribution in [0.3, 0.4) is 0 Å². The number of hydrogen-bond donors (Lipinski definition) is 4. The highest BCUT2D eigenvalue weighted by Crippen LogP contribution is 2.36. The maximum Gasteiger partial charge on any atom is 0.319 e. The van der Waals surface area contributed by atoms with E-state index in [1.807, 2.05) is 102 Å². The second-order valence-corrected chi connectivity index (χ2v) is 21.9. The Morgan fingerprint density at radius 2 is 0.807 bits per heavy atom. The predicted molar refractivity (Wildman–Crippen MR) is 338 cm³/mol. The number of anilines is 5. The molecule has 0 spiro atoms. The van der Waals surface area contributed by atoms with Crippen molar-refractivity contribution in [1.82, 2.24) is 49.9 Å². The number of hydrogen-bond acceptors (Lipinski definition) is 15. The van der Waals surface area contributed by atoms with Gasteiger partial charge in [0.15, 0.2) is 0 Å². The number of urea groups is 1. The number of nitrogens with one attached hydrogen (secondary N) is 2. The van der Waals surface area contributed by atoms with Crippen molar-refractivity contribution in [3.8, 4) is 33.8 Å². The number of piperidine rings is 3. The van der Waals surface area contributed by atoms with Crippen LogP contribution >= 0.6 is 0 Å². The Bertz CT molecular complexity index is 2980. The van der Waals surface area contributed by atoms with Gasteiger partial charge in [0.1, 0.15) is 5.69 Å². The highest BCUT2D eigenvalue weighted by Gasteiger charge is 2.30. The largest absolute Gasteiger partial charge is 0.630 e. The molecule has 1 aliphatic carbocycles. The molecule has 19 nitrogen and oxygen atoms in total. The van der Waals surface area contributed by atoms with Crippen molar-refractivity contribution < 1.29 is 15.8 Å². The van der Waals surface area contributed by atoms with Gasteiger partial charge in [0.05, 0.1) is 34.2 Å². The summed E-state index contributed by atoms with van der Waals surface area (Å²) >= 11 is 0. The molecule has 3 aromatic heterocycles. The molecule has 0 unspecified atom stereocenters. The molecule has 7 aliphatic rings. The lowest BCUT2D eigenvalue weighted by Crippen LogP contribution is -2.70. The molecular formula is C64H94N16O3. The maximum atomic E-state index is 12.0. The number of nitrogen functional groups attached to an aromatic ring is 1. The van der Waals surface area contributed by atoms with E-state index in [1.54, 1.807) is 0 Å². The van der Waals surface area contributed by atoms with E-state index in [1.165, 1.54) is 80.2 Å². The molecule has 0 atom stereocenters. The topological polar surface area (TPSA) is 235 Å². The fourth-order valence-corrected chi connectivity index (χ4v) is 11.3. The Kier molecular flexibility index (Phi) is 23.9. The van der Waals surface area contributed by atoms with Crippen LogP contribution in [0.25, 0.3) is 33.8 Å². The van der Waals surface area contributed by atoms with Crippen LogP contribution in [0.4, 0.5) is 39.7 Å². The molecule has 13 rings (SSSR count). The van der Waals surface area contributed by atoms with Crippen molar-refractivity contribution in [2.75, 3.05) is 86.2 Å². The number of benzene rings is 3. The van der Waals surface area contributed by atoms with Gasteiger partial charge in [-0.15, -0.1) is 0 Å². The lowest BCUT2D eigenvalue weighted by atomic mass is 10.1.